The number of benzene rings is 1. The standard InChI is InChI=1S/C16H18Cl2N4O/c17-14-7-3-1-5-12(14)9-19-20-11-16(23)22-21-10-13-6-2-4-8-15(13)18/h1-8,10,13,15,19-20H,9,11H2,(H,22,23)/b21-10+. The Hall–Kier alpha value is -1.66. The molecule has 0 spiro atoms. The van der Waals surface area contributed by atoms with E-state index in [-0.39, 0.29) is 23.7 Å². The normalized spacial score (nSPS) is 20.1. The first-order chi connectivity index (χ1) is 11.2. The predicted octanol–water partition coefficient (Wildman–Crippen LogP) is 2.39. The summed E-state index contributed by atoms with van der Waals surface area (Å²) in [5.41, 5.74) is 9.14. The molecule has 1 aromatic rings. The largest absolute Gasteiger partial charge is 0.272 e. The molecule has 3 N–H and O–H groups in total. The number of hydrogen-bond acceptors (Lipinski definition) is 4. The second-order valence-corrected chi connectivity index (χ2v) is 5.81. The van der Waals surface area contributed by atoms with Crippen LogP contribution in [0.1, 0.15) is 5.56 Å². The number of nitrogens with one attached hydrogen (secondary N) is 3. The first kappa shape index (κ1) is 17.7. The molecule has 0 aliphatic heterocycles. The molecular weight excluding hydrogens is 335 g/mol. The first-order valence-electron chi connectivity index (χ1n) is 7.17. The topological polar surface area (TPSA) is 65.5 Å². The van der Waals surface area contributed by atoms with Crippen LogP contribution in [0.2, 0.25) is 5.02 Å². The molecule has 5 nitrogen and oxygen atoms in total. The lowest BCUT2D eigenvalue weighted by Crippen LogP contribution is -2.39. The van der Waals surface area contributed by atoms with Crippen LogP contribution in [-0.4, -0.2) is 24.0 Å². The highest BCUT2D eigenvalue weighted by Crippen LogP contribution is 2.16. The number of hydrazone groups is 1. The minimum Gasteiger partial charge on any atom is -0.272 e. The first-order valence-corrected chi connectivity index (χ1v) is 7.98. The van der Waals surface area contributed by atoms with Crippen molar-refractivity contribution in [2.75, 3.05) is 6.54 Å². The zero-order chi connectivity index (χ0) is 16.5. The molecule has 0 heterocycles. The number of hydrazine groups is 1. The lowest BCUT2D eigenvalue weighted by Gasteiger charge is -2.13. The van der Waals surface area contributed by atoms with Gasteiger partial charge in [0, 0.05) is 23.7 Å². The van der Waals surface area contributed by atoms with Gasteiger partial charge in [-0.2, -0.15) is 5.10 Å². The number of rotatable bonds is 7. The lowest BCUT2D eigenvalue weighted by atomic mass is 10.0. The summed E-state index contributed by atoms with van der Waals surface area (Å²) >= 11 is 12.1. The Morgan fingerprint density at radius 1 is 1.22 bits per heavy atom. The van der Waals surface area contributed by atoms with Crippen LogP contribution in [0.3, 0.4) is 0 Å². The van der Waals surface area contributed by atoms with Gasteiger partial charge in [-0.05, 0) is 11.6 Å². The van der Waals surface area contributed by atoms with Gasteiger partial charge in [0.05, 0.1) is 11.9 Å². The van der Waals surface area contributed by atoms with Crippen molar-refractivity contribution < 1.29 is 4.79 Å². The van der Waals surface area contributed by atoms with Crippen LogP contribution in [0.15, 0.2) is 53.7 Å². The Balaban J connectivity index is 1.63. The van der Waals surface area contributed by atoms with Crippen LogP contribution in [-0.2, 0) is 11.3 Å². The molecule has 0 aromatic heterocycles. The fourth-order valence-electron chi connectivity index (χ4n) is 1.91. The summed E-state index contributed by atoms with van der Waals surface area (Å²) in [6.07, 6.45) is 9.20. The fraction of sp³-hybridized carbons (Fsp3) is 0.250. The van der Waals surface area contributed by atoms with E-state index in [1.54, 1.807) is 6.21 Å². The highest BCUT2D eigenvalue weighted by Gasteiger charge is 2.13. The summed E-state index contributed by atoms with van der Waals surface area (Å²) in [4.78, 5) is 11.6. The second kappa shape index (κ2) is 9.47. The minimum absolute atomic E-state index is 0.0201. The molecule has 1 aromatic carbocycles. The van der Waals surface area contributed by atoms with Gasteiger partial charge in [0.1, 0.15) is 0 Å². The molecule has 2 rings (SSSR count). The maximum absolute atomic E-state index is 11.6. The Bertz CT molecular complexity index is 616. The molecule has 7 heteroatoms. The highest BCUT2D eigenvalue weighted by molar-refractivity contribution is 6.31. The quantitative estimate of drug-likeness (QED) is 0.305. The van der Waals surface area contributed by atoms with Gasteiger partial charge < -0.3 is 0 Å². The van der Waals surface area contributed by atoms with E-state index >= 15 is 0 Å². The maximum atomic E-state index is 11.6. The average molecular weight is 353 g/mol. The molecule has 122 valence electrons. The number of allylic oxidation sites excluding steroid dienone is 4. The number of alkyl halides is 1. The van der Waals surface area contributed by atoms with E-state index in [0.717, 1.165) is 5.56 Å². The smallest absolute Gasteiger partial charge is 0.255 e. The Labute approximate surface area is 145 Å². The summed E-state index contributed by atoms with van der Waals surface area (Å²) in [6.45, 7) is 0.607. The molecule has 1 aliphatic rings. The molecule has 0 saturated heterocycles. The van der Waals surface area contributed by atoms with Gasteiger partial charge in [0.15, 0.2) is 0 Å². The van der Waals surface area contributed by atoms with Gasteiger partial charge in [-0.25, -0.2) is 10.9 Å². The van der Waals surface area contributed by atoms with Gasteiger partial charge in [-0.15, -0.1) is 11.6 Å². The minimum atomic E-state index is -0.255. The second-order valence-electron chi connectivity index (χ2n) is 4.90. The SMILES string of the molecule is O=C(CNNCc1ccccc1Cl)N/N=C/C1C=CC=CC1Cl. The monoisotopic (exact) mass is 352 g/mol. The molecule has 0 bridgehead atoms. The Morgan fingerprint density at radius 3 is 2.78 bits per heavy atom. The summed E-state index contributed by atoms with van der Waals surface area (Å²) in [6, 6.07) is 7.51. The third-order valence-electron chi connectivity index (χ3n) is 3.15. The predicted molar refractivity (Wildman–Crippen MR) is 94.3 cm³/mol. The van der Waals surface area contributed by atoms with Gasteiger partial charge in [0.2, 0.25) is 0 Å². The maximum Gasteiger partial charge on any atom is 0.255 e. The number of hydrogen-bond donors (Lipinski definition) is 3. The van der Waals surface area contributed by atoms with Gasteiger partial charge in [-0.3, -0.25) is 10.2 Å². The van der Waals surface area contributed by atoms with Gasteiger partial charge in [0.25, 0.3) is 5.91 Å². The number of nitrogens with zero attached hydrogens (tertiary/aromatic N) is 1. The van der Waals surface area contributed by atoms with Gasteiger partial charge in [-0.1, -0.05) is 54.1 Å². The summed E-state index contributed by atoms with van der Waals surface area (Å²) in [5, 5.41) is 4.45. The van der Waals surface area contributed by atoms with Crippen LogP contribution >= 0.6 is 23.2 Å². The Kier molecular flexibility index (Phi) is 7.29. The van der Waals surface area contributed by atoms with Crippen molar-refractivity contribution in [3.63, 3.8) is 0 Å². The van der Waals surface area contributed by atoms with Crippen LogP contribution in [0.5, 0.6) is 0 Å². The molecular formula is C16H18Cl2N4O. The van der Waals surface area contributed by atoms with E-state index in [1.807, 2.05) is 48.6 Å². The third kappa shape index (κ3) is 6.15. The molecule has 0 saturated carbocycles. The van der Waals surface area contributed by atoms with Crippen LogP contribution in [0.25, 0.3) is 0 Å². The molecule has 23 heavy (non-hydrogen) atoms. The van der Waals surface area contributed by atoms with Crippen molar-refractivity contribution in [1.82, 2.24) is 16.3 Å². The van der Waals surface area contributed by atoms with E-state index in [2.05, 4.69) is 21.4 Å². The van der Waals surface area contributed by atoms with Crippen molar-refractivity contribution in [2.45, 2.75) is 11.9 Å². The van der Waals surface area contributed by atoms with Crippen LogP contribution in [0, 0.1) is 5.92 Å². The third-order valence-corrected chi connectivity index (χ3v) is 3.96. The molecule has 1 amide bonds. The summed E-state index contributed by atoms with van der Waals surface area (Å²) in [7, 11) is 0. The molecule has 2 unspecified atom stereocenters. The van der Waals surface area contributed by atoms with E-state index in [4.69, 9.17) is 23.2 Å². The Morgan fingerprint density at radius 2 is 2.00 bits per heavy atom. The zero-order valence-electron chi connectivity index (χ0n) is 12.4. The zero-order valence-corrected chi connectivity index (χ0v) is 13.9. The number of amides is 1. The summed E-state index contributed by atoms with van der Waals surface area (Å²) in [5.74, 6) is -0.275. The molecule has 0 fully saturated rings. The highest BCUT2D eigenvalue weighted by atomic mass is 35.5. The number of carbonyl (C=O) groups excluding carboxylic acids is 1. The number of carbonyl (C=O) groups is 1. The molecule has 0 radical (unpaired) electrons. The van der Waals surface area contributed by atoms with Crippen molar-refractivity contribution in [3.8, 4) is 0 Å². The average Bonchev–Trinajstić information content (AvgIpc) is 2.55. The lowest BCUT2D eigenvalue weighted by molar-refractivity contribution is -0.120. The van der Waals surface area contributed by atoms with Crippen LogP contribution in [0.4, 0.5) is 0 Å². The van der Waals surface area contributed by atoms with Crippen molar-refractivity contribution in [1.29, 1.82) is 0 Å². The van der Waals surface area contributed by atoms with E-state index in [9.17, 15) is 4.79 Å². The van der Waals surface area contributed by atoms with E-state index in [0.29, 0.717) is 11.6 Å². The number of halogens is 2. The van der Waals surface area contributed by atoms with Crippen molar-refractivity contribution in [3.05, 3.63) is 59.2 Å². The molecule has 1 aliphatic carbocycles. The van der Waals surface area contributed by atoms with Crippen molar-refractivity contribution >= 4 is 35.3 Å². The van der Waals surface area contributed by atoms with Gasteiger partial charge >= 0.3 is 0 Å². The van der Waals surface area contributed by atoms with E-state index < -0.39 is 0 Å². The van der Waals surface area contributed by atoms with Crippen molar-refractivity contribution in [2.24, 2.45) is 11.0 Å². The van der Waals surface area contributed by atoms with Crippen LogP contribution < -0.4 is 16.3 Å². The summed E-state index contributed by atoms with van der Waals surface area (Å²) < 4.78 is 0. The fourth-order valence-corrected chi connectivity index (χ4v) is 2.34. The molecule has 2 atom stereocenters. The van der Waals surface area contributed by atoms with E-state index in [1.165, 1.54) is 0 Å².